The molecule has 0 atom stereocenters. The predicted molar refractivity (Wildman–Crippen MR) is 45.6 cm³/mol. The number of aliphatic hydroxyl groups is 2. The maximum absolute atomic E-state index is 11.0. The third-order valence-electron chi connectivity index (χ3n) is 1.98. The van der Waals surface area contributed by atoms with Crippen LogP contribution in [-0.2, 0) is 10.6 Å². The summed E-state index contributed by atoms with van der Waals surface area (Å²) in [5.74, 6) is -3.31. The van der Waals surface area contributed by atoms with E-state index in [2.05, 4.69) is 5.32 Å². The first kappa shape index (κ1) is 8.03. The lowest BCUT2D eigenvalue weighted by atomic mass is 10.1. The van der Waals surface area contributed by atoms with E-state index < -0.39 is 11.7 Å². The van der Waals surface area contributed by atoms with Gasteiger partial charge in [-0.05, 0) is 18.2 Å². The van der Waals surface area contributed by atoms with Gasteiger partial charge in [0, 0.05) is 11.3 Å². The first-order valence-corrected chi connectivity index (χ1v) is 3.68. The van der Waals surface area contributed by atoms with Crippen LogP contribution >= 0.6 is 0 Å². The molecule has 0 bridgehead atoms. The zero-order valence-corrected chi connectivity index (χ0v) is 6.61. The summed E-state index contributed by atoms with van der Waals surface area (Å²) in [5.41, 5.74) is 6.29. The number of benzene rings is 1. The second-order valence-corrected chi connectivity index (χ2v) is 2.93. The van der Waals surface area contributed by atoms with Crippen molar-refractivity contribution in [3.05, 3.63) is 23.8 Å². The zero-order chi connectivity index (χ0) is 9.64. The summed E-state index contributed by atoms with van der Waals surface area (Å²) >= 11 is 0. The number of nitrogen functional groups attached to an aromatic ring is 1. The Balaban J connectivity index is 2.64. The van der Waals surface area contributed by atoms with E-state index in [1.165, 1.54) is 12.1 Å². The van der Waals surface area contributed by atoms with E-state index in [4.69, 9.17) is 5.73 Å². The van der Waals surface area contributed by atoms with Crippen molar-refractivity contribution in [1.82, 2.24) is 0 Å². The number of nitrogens with two attached hydrogens (primary N) is 1. The van der Waals surface area contributed by atoms with Crippen molar-refractivity contribution in [2.45, 2.75) is 5.79 Å². The second-order valence-electron chi connectivity index (χ2n) is 2.93. The molecule has 5 N–H and O–H groups in total. The lowest BCUT2D eigenvalue weighted by Crippen LogP contribution is -2.33. The predicted octanol–water partition coefficient (Wildman–Crippen LogP) is -0.642. The molecule has 1 aromatic rings. The molecular formula is C8H8N2O3. The average Bonchev–Trinajstić information content (AvgIpc) is 2.27. The summed E-state index contributed by atoms with van der Waals surface area (Å²) in [6.45, 7) is 0. The average molecular weight is 180 g/mol. The van der Waals surface area contributed by atoms with Gasteiger partial charge in [-0.3, -0.25) is 4.79 Å². The number of fused-ring (bicyclic) bond motifs is 1. The van der Waals surface area contributed by atoms with Crippen LogP contribution in [0.2, 0.25) is 0 Å². The number of anilines is 2. The fraction of sp³-hybridized carbons (Fsp3) is 0.125. The van der Waals surface area contributed by atoms with Crippen LogP contribution < -0.4 is 11.1 Å². The molecule has 0 saturated carbocycles. The van der Waals surface area contributed by atoms with Crippen LogP contribution in [0.3, 0.4) is 0 Å². The Morgan fingerprint density at radius 3 is 2.77 bits per heavy atom. The molecular weight excluding hydrogens is 172 g/mol. The fourth-order valence-corrected chi connectivity index (χ4v) is 1.29. The molecule has 0 unspecified atom stereocenters. The summed E-state index contributed by atoms with van der Waals surface area (Å²) in [7, 11) is 0. The highest BCUT2D eigenvalue weighted by molar-refractivity contribution is 6.03. The van der Waals surface area contributed by atoms with Gasteiger partial charge in [-0.1, -0.05) is 0 Å². The van der Waals surface area contributed by atoms with Crippen LogP contribution in [0.15, 0.2) is 18.2 Å². The molecule has 2 rings (SSSR count). The van der Waals surface area contributed by atoms with E-state index in [1.807, 2.05) is 0 Å². The van der Waals surface area contributed by atoms with Crippen molar-refractivity contribution in [2.24, 2.45) is 0 Å². The van der Waals surface area contributed by atoms with Gasteiger partial charge in [0.05, 0.1) is 5.69 Å². The topological polar surface area (TPSA) is 95.6 Å². The van der Waals surface area contributed by atoms with Crippen LogP contribution in [-0.4, -0.2) is 16.1 Å². The van der Waals surface area contributed by atoms with Gasteiger partial charge >= 0.3 is 0 Å². The molecule has 5 heteroatoms. The quantitative estimate of drug-likeness (QED) is 0.315. The molecule has 1 aliphatic rings. The Kier molecular flexibility index (Phi) is 1.37. The molecule has 13 heavy (non-hydrogen) atoms. The van der Waals surface area contributed by atoms with Crippen molar-refractivity contribution in [1.29, 1.82) is 0 Å². The first-order chi connectivity index (χ1) is 6.01. The van der Waals surface area contributed by atoms with Crippen molar-refractivity contribution < 1.29 is 15.0 Å². The standard InChI is InChI=1S/C8H8N2O3/c9-4-1-2-6-5(3-4)8(12,13)7(11)10-6/h1-3,12-13H,9H2,(H,10,11). The second kappa shape index (κ2) is 2.21. The summed E-state index contributed by atoms with van der Waals surface area (Å²) in [5, 5.41) is 21.0. The Morgan fingerprint density at radius 1 is 1.38 bits per heavy atom. The Bertz CT molecular complexity index is 387. The lowest BCUT2D eigenvalue weighted by molar-refractivity contribution is -0.180. The number of amides is 1. The van der Waals surface area contributed by atoms with Gasteiger partial charge < -0.3 is 21.3 Å². The molecule has 1 heterocycles. The highest BCUT2D eigenvalue weighted by Crippen LogP contribution is 2.34. The third kappa shape index (κ3) is 0.980. The Morgan fingerprint density at radius 2 is 2.08 bits per heavy atom. The number of hydrogen-bond donors (Lipinski definition) is 4. The van der Waals surface area contributed by atoms with Gasteiger partial charge in [0.25, 0.3) is 11.7 Å². The van der Waals surface area contributed by atoms with Crippen molar-refractivity contribution in [3.63, 3.8) is 0 Å². The van der Waals surface area contributed by atoms with E-state index in [1.54, 1.807) is 6.07 Å². The third-order valence-corrected chi connectivity index (χ3v) is 1.98. The molecule has 68 valence electrons. The van der Waals surface area contributed by atoms with Gasteiger partial charge in [0.1, 0.15) is 0 Å². The summed E-state index contributed by atoms with van der Waals surface area (Å²) in [6, 6.07) is 4.45. The van der Waals surface area contributed by atoms with E-state index >= 15 is 0 Å². The van der Waals surface area contributed by atoms with Crippen LogP contribution in [0.25, 0.3) is 0 Å². The lowest BCUT2D eigenvalue weighted by Gasteiger charge is -2.11. The smallest absolute Gasteiger partial charge is 0.289 e. The molecule has 0 radical (unpaired) electrons. The minimum absolute atomic E-state index is 0.0949. The minimum Gasteiger partial charge on any atom is -0.399 e. The molecule has 0 aromatic heterocycles. The van der Waals surface area contributed by atoms with E-state index in [0.717, 1.165) is 0 Å². The molecule has 0 fully saturated rings. The SMILES string of the molecule is Nc1ccc2c(c1)C(O)(O)C(=O)N2. The molecule has 5 nitrogen and oxygen atoms in total. The normalized spacial score (nSPS) is 18.2. The van der Waals surface area contributed by atoms with Gasteiger partial charge in [-0.25, -0.2) is 0 Å². The largest absolute Gasteiger partial charge is 0.399 e. The molecule has 0 aliphatic carbocycles. The van der Waals surface area contributed by atoms with E-state index in [-0.39, 0.29) is 5.56 Å². The molecule has 1 amide bonds. The minimum atomic E-state index is -2.45. The van der Waals surface area contributed by atoms with Gasteiger partial charge in [-0.15, -0.1) is 0 Å². The molecule has 1 aromatic carbocycles. The van der Waals surface area contributed by atoms with Gasteiger partial charge in [0.15, 0.2) is 0 Å². The highest BCUT2D eigenvalue weighted by Gasteiger charge is 2.43. The maximum atomic E-state index is 11.0. The van der Waals surface area contributed by atoms with Crippen molar-refractivity contribution in [2.75, 3.05) is 11.1 Å². The van der Waals surface area contributed by atoms with Crippen molar-refractivity contribution in [3.8, 4) is 0 Å². The number of carbonyl (C=O) groups is 1. The highest BCUT2D eigenvalue weighted by atomic mass is 16.5. The van der Waals surface area contributed by atoms with E-state index in [9.17, 15) is 15.0 Å². The summed E-state index contributed by atoms with van der Waals surface area (Å²) in [4.78, 5) is 11.0. The van der Waals surface area contributed by atoms with E-state index in [0.29, 0.717) is 11.4 Å². The molecule has 0 spiro atoms. The first-order valence-electron chi connectivity index (χ1n) is 3.68. The summed E-state index contributed by atoms with van der Waals surface area (Å²) in [6.07, 6.45) is 0. The number of rotatable bonds is 0. The zero-order valence-electron chi connectivity index (χ0n) is 6.61. The van der Waals surface area contributed by atoms with Crippen molar-refractivity contribution >= 4 is 17.3 Å². The number of hydrogen-bond acceptors (Lipinski definition) is 4. The Hall–Kier alpha value is -1.59. The van der Waals surface area contributed by atoms with Crippen LogP contribution in [0.1, 0.15) is 5.56 Å². The van der Waals surface area contributed by atoms with Gasteiger partial charge in [0.2, 0.25) is 0 Å². The van der Waals surface area contributed by atoms with Crippen LogP contribution in [0.5, 0.6) is 0 Å². The van der Waals surface area contributed by atoms with Crippen LogP contribution in [0.4, 0.5) is 11.4 Å². The maximum Gasteiger partial charge on any atom is 0.289 e. The van der Waals surface area contributed by atoms with Gasteiger partial charge in [-0.2, -0.15) is 0 Å². The summed E-state index contributed by atoms with van der Waals surface area (Å²) < 4.78 is 0. The van der Waals surface area contributed by atoms with Crippen LogP contribution in [0, 0.1) is 0 Å². The Labute approximate surface area is 73.8 Å². The monoisotopic (exact) mass is 180 g/mol. The number of nitrogens with one attached hydrogen (secondary N) is 1. The molecule has 0 saturated heterocycles. The number of carbonyl (C=O) groups excluding carboxylic acids is 1. The molecule has 1 aliphatic heterocycles. The fourth-order valence-electron chi connectivity index (χ4n) is 1.29.